The summed E-state index contributed by atoms with van der Waals surface area (Å²) in [5.74, 6) is 3.13. The monoisotopic (exact) mass is 396 g/mol. The van der Waals surface area contributed by atoms with Crippen LogP contribution in [0.5, 0.6) is 17.4 Å². The van der Waals surface area contributed by atoms with Crippen LogP contribution in [-0.2, 0) is 4.79 Å². The van der Waals surface area contributed by atoms with E-state index >= 15 is 0 Å². The molecule has 0 bridgehead atoms. The Bertz CT molecular complexity index is 884. The first-order valence-corrected chi connectivity index (χ1v) is 10.2. The summed E-state index contributed by atoms with van der Waals surface area (Å²) in [4.78, 5) is 25.5. The van der Waals surface area contributed by atoms with E-state index < -0.39 is 0 Å². The summed E-state index contributed by atoms with van der Waals surface area (Å²) in [5.41, 5.74) is 1.10. The maximum atomic E-state index is 12.6. The third-order valence-corrected chi connectivity index (χ3v) is 5.85. The molecule has 4 rings (SSSR count). The molecule has 1 amide bonds. The van der Waals surface area contributed by atoms with Crippen molar-refractivity contribution in [3.8, 4) is 17.4 Å². The number of hydrogen-bond acceptors (Lipinski definition) is 6. The molecule has 7 nitrogen and oxygen atoms in total. The first-order valence-electron chi connectivity index (χ1n) is 10.2. The van der Waals surface area contributed by atoms with Crippen molar-refractivity contribution in [1.29, 1.82) is 0 Å². The van der Waals surface area contributed by atoms with Crippen molar-refractivity contribution in [2.45, 2.75) is 39.2 Å². The molecule has 0 spiro atoms. The van der Waals surface area contributed by atoms with Gasteiger partial charge in [-0.05, 0) is 44.4 Å². The van der Waals surface area contributed by atoms with Gasteiger partial charge in [-0.25, -0.2) is 9.97 Å². The lowest BCUT2D eigenvalue weighted by Gasteiger charge is -2.43. The van der Waals surface area contributed by atoms with E-state index in [0.717, 1.165) is 43.9 Å². The number of rotatable bonds is 5. The summed E-state index contributed by atoms with van der Waals surface area (Å²) in [6, 6.07) is 7.78. The van der Waals surface area contributed by atoms with Crippen molar-refractivity contribution < 1.29 is 14.3 Å². The number of amides is 1. The number of hydrogen-bond donors (Lipinski definition) is 0. The summed E-state index contributed by atoms with van der Waals surface area (Å²) in [5, 5.41) is 0. The fourth-order valence-electron chi connectivity index (χ4n) is 3.91. The Hall–Kier alpha value is -2.83. The summed E-state index contributed by atoms with van der Waals surface area (Å²) in [6.45, 7) is 6.35. The van der Waals surface area contributed by atoms with Crippen molar-refractivity contribution in [1.82, 2.24) is 14.9 Å². The molecule has 0 radical (unpaired) electrons. The van der Waals surface area contributed by atoms with Crippen molar-refractivity contribution in [3.05, 3.63) is 36.2 Å². The van der Waals surface area contributed by atoms with E-state index in [2.05, 4.69) is 21.8 Å². The van der Waals surface area contributed by atoms with Gasteiger partial charge in [0.2, 0.25) is 11.8 Å². The zero-order chi connectivity index (χ0) is 20.4. The van der Waals surface area contributed by atoms with Crippen LogP contribution in [-0.4, -0.2) is 53.6 Å². The average Bonchev–Trinajstić information content (AvgIpc) is 2.68. The van der Waals surface area contributed by atoms with Crippen LogP contribution < -0.4 is 14.4 Å². The second-order valence-electron chi connectivity index (χ2n) is 7.93. The van der Waals surface area contributed by atoms with Crippen molar-refractivity contribution >= 4 is 11.7 Å². The molecule has 2 heterocycles. The van der Waals surface area contributed by atoms with Gasteiger partial charge < -0.3 is 19.3 Å². The SMILES string of the molecule is COc1cc(C)ccc1Oc1cc(N2CCN(C(=O)C3CCC3)[C@H](C)C2)ncn1. The van der Waals surface area contributed by atoms with Gasteiger partial charge in [-0.2, -0.15) is 0 Å². The van der Waals surface area contributed by atoms with Crippen LogP contribution in [0.4, 0.5) is 5.82 Å². The normalized spacial score (nSPS) is 19.6. The minimum absolute atomic E-state index is 0.161. The number of carbonyl (C=O) groups excluding carboxylic acids is 1. The van der Waals surface area contributed by atoms with E-state index in [1.165, 1.54) is 12.7 Å². The molecule has 29 heavy (non-hydrogen) atoms. The molecule has 1 aromatic heterocycles. The Balaban J connectivity index is 1.45. The maximum absolute atomic E-state index is 12.6. The largest absolute Gasteiger partial charge is 0.493 e. The lowest BCUT2D eigenvalue weighted by atomic mass is 9.84. The van der Waals surface area contributed by atoms with E-state index in [9.17, 15) is 4.79 Å². The van der Waals surface area contributed by atoms with E-state index in [-0.39, 0.29) is 12.0 Å². The zero-order valence-electron chi connectivity index (χ0n) is 17.3. The number of aromatic nitrogens is 2. The summed E-state index contributed by atoms with van der Waals surface area (Å²) >= 11 is 0. The Kier molecular flexibility index (Phi) is 5.56. The molecule has 1 saturated heterocycles. The fourth-order valence-corrected chi connectivity index (χ4v) is 3.91. The van der Waals surface area contributed by atoms with Gasteiger partial charge >= 0.3 is 0 Å². The van der Waals surface area contributed by atoms with Crippen LogP contribution in [0.3, 0.4) is 0 Å². The summed E-state index contributed by atoms with van der Waals surface area (Å²) < 4.78 is 11.4. The van der Waals surface area contributed by atoms with E-state index in [0.29, 0.717) is 23.3 Å². The van der Waals surface area contributed by atoms with Crippen LogP contribution in [0.15, 0.2) is 30.6 Å². The third-order valence-electron chi connectivity index (χ3n) is 5.85. The number of ether oxygens (including phenoxy) is 2. The standard InChI is InChI=1S/C22H28N4O3/c1-15-7-8-18(19(11-15)28-3)29-21-12-20(23-14-24-21)25-9-10-26(16(2)13-25)22(27)17-5-4-6-17/h7-8,11-12,14,16-17H,4-6,9-10,13H2,1-3H3/t16-/m1/s1. The molecule has 1 atom stereocenters. The molecular weight excluding hydrogens is 368 g/mol. The Labute approximate surface area is 171 Å². The molecule has 2 aromatic rings. The van der Waals surface area contributed by atoms with Crippen LogP contribution >= 0.6 is 0 Å². The zero-order valence-corrected chi connectivity index (χ0v) is 17.3. The van der Waals surface area contributed by atoms with Gasteiger partial charge in [-0.15, -0.1) is 0 Å². The molecule has 2 fully saturated rings. The minimum atomic E-state index is 0.161. The molecule has 1 aliphatic heterocycles. The van der Waals surface area contributed by atoms with Gasteiger partial charge in [-0.1, -0.05) is 12.5 Å². The first kappa shape index (κ1) is 19.5. The number of methoxy groups -OCH3 is 1. The smallest absolute Gasteiger partial charge is 0.226 e. The highest BCUT2D eigenvalue weighted by Gasteiger charge is 2.34. The van der Waals surface area contributed by atoms with Crippen LogP contribution in [0.1, 0.15) is 31.7 Å². The van der Waals surface area contributed by atoms with Crippen molar-refractivity contribution in [2.75, 3.05) is 31.6 Å². The topological polar surface area (TPSA) is 67.8 Å². The van der Waals surface area contributed by atoms with Gasteiger partial charge in [0.05, 0.1) is 7.11 Å². The number of aryl methyl sites for hydroxylation is 1. The van der Waals surface area contributed by atoms with Crippen LogP contribution in [0.25, 0.3) is 0 Å². The molecule has 7 heteroatoms. The molecule has 1 aromatic carbocycles. The number of piperazine rings is 1. The summed E-state index contributed by atoms with van der Waals surface area (Å²) in [6.07, 6.45) is 4.78. The lowest BCUT2D eigenvalue weighted by molar-refractivity contribution is -0.140. The molecule has 1 saturated carbocycles. The highest BCUT2D eigenvalue weighted by Crippen LogP contribution is 2.33. The highest BCUT2D eigenvalue weighted by atomic mass is 16.5. The second-order valence-corrected chi connectivity index (χ2v) is 7.93. The number of nitrogens with zero attached hydrogens (tertiary/aromatic N) is 4. The van der Waals surface area contributed by atoms with Gasteiger partial charge in [0.15, 0.2) is 11.5 Å². The van der Waals surface area contributed by atoms with Crippen LogP contribution in [0.2, 0.25) is 0 Å². The maximum Gasteiger partial charge on any atom is 0.226 e. The third kappa shape index (κ3) is 4.13. The highest BCUT2D eigenvalue weighted by molar-refractivity contribution is 5.80. The molecule has 154 valence electrons. The van der Waals surface area contributed by atoms with Gasteiger partial charge in [0.1, 0.15) is 12.1 Å². The Morgan fingerprint density at radius 2 is 1.97 bits per heavy atom. The Morgan fingerprint density at radius 1 is 1.14 bits per heavy atom. The van der Waals surface area contributed by atoms with Crippen molar-refractivity contribution in [3.63, 3.8) is 0 Å². The molecule has 0 unspecified atom stereocenters. The van der Waals surface area contributed by atoms with Crippen LogP contribution in [0, 0.1) is 12.8 Å². The predicted octanol–water partition coefficient (Wildman–Crippen LogP) is 3.42. The molecular formula is C22H28N4O3. The number of benzene rings is 1. The van der Waals surface area contributed by atoms with E-state index in [4.69, 9.17) is 9.47 Å². The summed E-state index contributed by atoms with van der Waals surface area (Å²) in [7, 11) is 1.62. The molecule has 1 aliphatic carbocycles. The van der Waals surface area contributed by atoms with Gasteiger partial charge in [0.25, 0.3) is 0 Å². The quantitative estimate of drug-likeness (QED) is 0.771. The number of carbonyl (C=O) groups is 1. The Morgan fingerprint density at radius 3 is 2.66 bits per heavy atom. The predicted molar refractivity (Wildman–Crippen MR) is 111 cm³/mol. The second kappa shape index (κ2) is 8.27. The van der Waals surface area contributed by atoms with Gasteiger partial charge in [0, 0.05) is 37.7 Å². The minimum Gasteiger partial charge on any atom is -0.493 e. The average molecular weight is 396 g/mol. The molecule has 0 N–H and O–H groups in total. The first-order chi connectivity index (χ1) is 14.0. The fraction of sp³-hybridized carbons (Fsp3) is 0.500. The van der Waals surface area contributed by atoms with E-state index in [1.807, 2.05) is 36.1 Å². The van der Waals surface area contributed by atoms with Gasteiger partial charge in [-0.3, -0.25) is 4.79 Å². The number of anilines is 1. The van der Waals surface area contributed by atoms with E-state index in [1.54, 1.807) is 7.11 Å². The molecule has 2 aliphatic rings. The van der Waals surface area contributed by atoms with Crippen molar-refractivity contribution in [2.24, 2.45) is 5.92 Å². The lowest BCUT2D eigenvalue weighted by Crippen LogP contribution is -2.56.